The quantitative estimate of drug-likeness (QED) is 0.266. The van der Waals surface area contributed by atoms with E-state index in [-0.39, 0.29) is 6.61 Å². The largest absolute Gasteiger partial charge is 0.485 e. The van der Waals surface area contributed by atoms with E-state index >= 15 is 0 Å². The topological polar surface area (TPSA) is 95.6 Å². The lowest BCUT2D eigenvalue weighted by Gasteiger charge is -2.12. The molecule has 0 bridgehead atoms. The number of para-hydroxylation sites is 3. The molecular weight excluding hydrogens is 500 g/mol. The zero-order valence-corrected chi connectivity index (χ0v) is 21.6. The molecular formula is C31H24N8O. The van der Waals surface area contributed by atoms with Gasteiger partial charge in [-0.2, -0.15) is 5.10 Å². The zero-order valence-electron chi connectivity index (χ0n) is 21.6. The summed E-state index contributed by atoms with van der Waals surface area (Å²) >= 11 is 0. The highest BCUT2D eigenvalue weighted by Crippen LogP contribution is 2.30. The molecule has 9 heteroatoms. The Morgan fingerprint density at radius 2 is 1.60 bits per heavy atom. The van der Waals surface area contributed by atoms with Crippen molar-refractivity contribution >= 4 is 33.3 Å². The van der Waals surface area contributed by atoms with Crippen molar-refractivity contribution in [1.29, 1.82) is 0 Å². The number of nitrogens with zero attached hydrogens (tertiary/aromatic N) is 7. The first kappa shape index (κ1) is 23.5. The Balaban J connectivity index is 1.14. The maximum atomic E-state index is 6.21. The van der Waals surface area contributed by atoms with Gasteiger partial charge in [-0.1, -0.05) is 59.8 Å². The second kappa shape index (κ2) is 9.95. The van der Waals surface area contributed by atoms with Crippen molar-refractivity contribution in [3.8, 4) is 17.1 Å². The molecule has 7 rings (SSSR count). The summed E-state index contributed by atoms with van der Waals surface area (Å²) in [4.78, 5) is 4.68. The summed E-state index contributed by atoms with van der Waals surface area (Å²) in [5, 5.41) is 22.7. The molecule has 0 aliphatic heterocycles. The van der Waals surface area contributed by atoms with Crippen molar-refractivity contribution in [3.63, 3.8) is 0 Å². The number of benzene rings is 4. The summed E-state index contributed by atoms with van der Waals surface area (Å²) in [5.41, 5.74) is 6.15. The number of ether oxygens (including phenoxy) is 1. The van der Waals surface area contributed by atoms with Crippen molar-refractivity contribution in [1.82, 2.24) is 34.7 Å². The van der Waals surface area contributed by atoms with Crippen LogP contribution in [0.4, 0.5) is 11.5 Å². The summed E-state index contributed by atoms with van der Waals surface area (Å²) in [6.07, 6.45) is 3.68. The number of hydrogen-bond donors (Lipinski definition) is 1. The van der Waals surface area contributed by atoms with Gasteiger partial charge in [-0.15, -0.1) is 10.2 Å². The fraction of sp³-hybridized carbons (Fsp3) is 0.0645. The van der Waals surface area contributed by atoms with Gasteiger partial charge >= 0.3 is 0 Å². The lowest BCUT2D eigenvalue weighted by Crippen LogP contribution is -2.01. The third kappa shape index (κ3) is 4.39. The molecule has 40 heavy (non-hydrogen) atoms. The second-order valence-corrected chi connectivity index (χ2v) is 9.37. The molecule has 194 valence electrons. The van der Waals surface area contributed by atoms with Crippen molar-refractivity contribution in [3.05, 3.63) is 121 Å². The molecule has 4 aromatic carbocycles. The summed E-state index contributed by atoms with van der Waals surface area (Å²) in [7, 11) is 0. The Bertz CT molecular complexity index is 1960. The van der Waals surface area contributed by atoms with Gasteiger partial charge in [0.1, 0.15) is 24.4 Å². The molecule has 7 aromatic rings. The van der Waals surface area contributed by atoms with Gasteiger partial charge in [0, 0.05) is 16.5 Å². The van der Waals surface area contributed by atoms with Crippen molar-refractivity contribution in [2.45, 2.75) is 13.5 Å². The van der Waals surface area contributed by atoms with E-state index < -0.39 is 0 Å². The fourth-order valence-corrected chi connectivity index (χ4v) is 4.75. The van der Waals surface area contributed by atoms with E-state index in [1.165, 1.54) is 0 Å². The molecule has 0 aliphatic carbocycles. The first-order valence-corrected chi connectivity index (χ1v) is 12.9. The van der Waals surface area contributed by atoms with E-state index in [9.17, 15) is 0 Å². The van der Waals surface area contributed by atoms with Gasteiger partial charge in [0.25, 0.3) is 0 Å². The summed E-state index contributed by atoms with van der Waals surface area (Å²) in [6, 6.07) is 31.9. The second-order valence-electron chi connectivity index (χ2n) is 9.37. The molecule has 3 heterocycles. The minimum Gasteiger partial charge on any atom is -0.485 e. The number of nitrogens with one attached hydrogen (secondary N) is 1. The molecule has 3 aromatic heterocycles. The minimum absolute atomic E-state index is 0.288. The predicted molar refractivity (Wildman–Crippen MR) is 154 cm³/mol. The Labute approximate surface area is 229 Å². The van der Waals surface area contributed by atoms with Gasteiger partial charge in [-0.05, 0) is 49.4 Å². The van der Waals surface area contributed by atoms with Crippen LogP contribution in [0.2, 0.25) is 0 Å². The number of rotatable bonds is 7. The van der Waals surface area contributed by atoms with Gasteiger partial charge in [0.2, 0.25) is 0 Å². The summed E-state index contributed by atoms with van der Waals surface area (Å²) < 4.78 is 9.97. The van der Waals surface area contributed by atoms with Gasteiger partial charge in [0.15, 0.2) is 5.82 Å². The number of fused-ring (bicyclic) bond motifs is 2. The Morgan fingerprint density at radius 3 is 2.50 bits per heavy atom. The van der Waals surface area contributed by atoms with E-state index in [0.717, 1.165) is 56.0 Å². The number of aryl methyl sites for hydroxylation is 1. The Morgan fingerprint density at radius 1 is 0.800 bits per heavy atom. The number of hydrogen-bond acceptors (Lipinski definition) is 7. The van der Waals surface area contributed by atoms with Crippen LogP contribution in [0.25, 0.3) is 33.2 Å². The third-order valence-corrected chi connectivity index (χ3v) is 6.74. The highest BCUT2D eigenvalue weighted by Gasteiger charge is 2.13. The fourth-order valence-electron chi connectivity index (χ4n) is 4.75. The summed E-state index contributed by atoms with van der Waals surface area (Å²) in [5.74, 6) is 1.43. The maximum Gasteiger partial charge on any atom is 0.160 e. The Hall–Kier alpha value is -5.57. The molecule has 0 aliphatic rings. The molecule has 0 amide bonds. The van der Waals surface area contributed by atoms with Crippen LogP contribution in [0, 0.1) is 6.92 Å². The maximum absolute atomic E-state index is 6.21. The normalized spacial score (nSPS) is 11.2. The SMILES string of the molecule is Cc1nnc(Nc2ccc3c(c2)ncn3-c2ccccc2OCc2cn(-c3ccccc3)nn2)c2ccccc12. The first-order valence-electron chi connectivity index (χ1n) is 12.9. The van der Waals surface area contributed by atoms with Crippen LogP contribution in [0.5, 0.6) is 5.75 Å². The van der Waals surface area contributed by atoms with Crippen LogP contribution in [0.1, 0.15) is 11.4 Å². The van der Waals surface area contributed by atoms with Gasteiger partial charge in [0.05, 0.1) is 34.3 Å². The van der Waals surface area contributed by atoms with Crippen LogP contribution in [-0.2, 0) is 6.61 Å². The number of anilines is 2. The average Bonchev–Trinajstić information content (AvgIpc) is 3.66. The van der Waals surface area contributed by atoms with E-state index in [1.54, 1.807) is 4.68 Å². The van der Waals surface area contributed by atoms with Crippen LogP contribution < -0.4 is 10.1 Å². The third-order valence-electron chi connectivity index (χ3n) is 6.74. The lowest BCUT2D eigenvalue weighted by atomic mass is 10.1. The Kier molecular flexibility index (Phi) is 5.86. The molecule has 0 saturated heterocycles. The van der Waals surface area contributed by atoms with Crippen molar-refractivity contribution in [2.24, 2.45) is 0 Å². The van der Waals surface area contributed by atoms with Crippen molar-refractivity contribution in [2.75, 3.05) is 5.32 Å². The van der Waals surface area contributed by atoms with Crippen LogP contribution in [0.15, 0.2) is 110 Å². The number of aromatic nitrogens is 7. The molecule has 0 fully saturated rings. The molecule has 0 atom stereocenters. The molecule has 0 unspecified atom stereocenters. The number of imidazole rings is 1. The summed E-state index contributed by atoms with van der Waals surface area (Å²) in [6.45, 7) is 2.25. The van der Waals surface area contributed by atoms with E-state index in [2.05, 4.69) is 36.9 Å². The van der Waals surface area contributed by atoms with Gasteiger partial charge in [-0.25, -0.2) is 9.67 Å². The lowest BCUT2D eigenvalue weighted by molar-refractivity contribution is 0.300. The van der Waals surface area contributed by atoms with Crippen LogP contribution in [-0.4, -0.2) is 34.7 Å². The minimum atomic E-state index is 0.288. The molecule has 9 nitrogen and oxygen atoms in total. The van der Waals surface area contributed by atoms with E-state index in [1.807, 2.05) is 115 Å². The highest BCUT2D eigenvalue weighted by molar-refractivity contribution is 5.95. The molecule has 0 saturated carbocycles. The first-order chi connectivity index (χ1) is 19.7. The standard InChI is InChI=1S/C31H24N8O/c1-21-25-11-5-6-12-26(25)31(36-34-21)33-22-15-16-28-27(17-22)32-20-38(28)29-13-7-8-14-30(29)40-19-23-18-39(37-35-23)24-9-3-2-4-10-24/h2-18,20H,19H2,1H3,(H,33,36). The van der Waals surface area contributed by atoms with Gasteiger partial charge < -0.3 is 10.1 Å². The van der Waals surface area contributed by atoms with Crippen molar-refractivity contribution < 1.29 is 4.74 Å². The van der Waals surface area contributed by atoms with Gasteiger partial charge in [-0.3, -0.25) is 4.57 Å². The van der Waals surface area contributed by atoms with E-state index in [0.29, 0.717) is 5.82 Å². The monoisotopic (exact) mass is 524 g/mol. The zero-order chi connectivity index (χ0) is 26.9. The molecule has 0 radical (unpaired) electrons. The molecule has 1 N–H and O–H groups in total. The molecule has 0 spiro atoms. The average molecular weight is 525 g/mol. The predicted octanol–water partition coefficient (Wildman–Crippen LogP) is 6.18. The highest BCUT2D eigenvalue weighted by atomic mass is 16.5. The van der Waals surface area contributed by atoms with E-state index in [4.69, 9.17) is 4.74 Å². The van der Waals surface area contributed by atoms with Crippen LogP contribution in [0.3, 0.4) is 0 Å². The smallest absolute Gasteiger partial charge is 0.160 e. The van der Waals surface area contributed by atoms with Crippen LogP contribution >= 0.6 is 0 Å².